The maximum absolute atomic E-state index is 11.8. The Morgan fingerprint density at radius 1 is 1.39 bits per heavy atom. The minimum atomic E-state index is -0.959. The smallest absolute Gasteiger partial charge is 0.407 e. The number of nitrogens with zero attached hydrogens (tertiary/aromatic N) is 1. The van der Waals surface area contributed by atoms with Crippen LogP contribution >= 0.6 is 0 Å². The van der Waals surface area contributed by atoms with Crippen molar-refractivity contribution < 1.29 is 19.4 Å². The molecule has 0 saturated carbocycles. The molecule has 1 aromatic carbocycles. The Morgan fingerprint density at radius 2 is 2.09 bits per heavy atom. The van der Waals surface area contributed by atoms with Gasteiger partial charge in [-0.3, -0.25) is 0 Å². The SMILES string of the molecule is CCN1c2cc(C(=O)O)ccc2NC1CNC(=O)OC(C)(C)C. The number of carboxylic acid groups (broad SMARTS) is 1. The highest BCUT2D eigenvalue weighted by molar-refractivity contribution is 5.92. The first-order valence-corrected chi connectivity index (χ1v) is 7.58. The molecule has 0 spiro atoms. The van der Waals surface area contributed by atoms with E-state index in [0.29, 0.717) is 13.1 Å². The number of alkyl carbamates (subject to hydrolysis) is 1. The second-order valence-corrected chi connectivity index (χ2v) is 6.37. The van der Waals surface area contributed by atoms with Crippen LogP contribution in [0, 0.1) is 0 Å². The number of ether oxygens (including phenoxy) is 1. The molecule has 1 unspecified atom stereocenters. The first-order chi connectivity index (χ1) is 10.7. The molecule has 1 aliphatic heterocycles. The summed E-state index contributed by atoms with van der Waals surface area (Å²) in [6.45, 7) is 8.43. The number of anilines is 2. The van der Waals surface area contributed by atoms with E-state index in [1.165, 1.54) is 0 Å². The third-order valence-corrected chi connectivity index (χ3v) is 3.43. The molecule has 0 bridgehead atoms. The number of rotatable bonds is 4. The molecule has 1 aliphatic rings. The van der Waals surface area contributed by atoms with Crippen LogP contribution in [0.2, 0.25) is 0 Å². The number of aromatic carboxylic acids is 1. The van der Waals surface area contributed by atoms with Gasteiger partial charge in [-0.2, -0.15) is 0 Å². The van der Waals surface area contributed by atoms with Crippen LogP contribution in [-0.2, 0) is 4.74 Å². The lowest BCUT2D eigenvalue weighted by atomic mass is 10.1. The number of hydrogen-bond acceptors (Lipinski definition) is 5. The summed E-state index contributed by atoms with van der Waals surface area (Å²) in [7, 11) is 0. The number of carbonyl (C=O) groups is 2. The van der Waals surface area contributed by atoms with Gasteiger partial charge in [0.2, 0.25) is 0 Å². The van der Waals surface area contributed by atoms with Gasteiger partial charge in [0.05, 0.1) is 23.5 Å². The quantitative estimate of drug-likeness (QED) is 0.789. The van der Waals surface area contributed by atoms with Gasteiger partial charge in [-0.05, 0) is 45.9 Å². The summed E-state index contributed by atoms with van der Waals surface area (Å²) in [4.78, 5) is 24.9. The highest BCUT2D eigenvalue weighted by Crippen LogP contribution is 2.35. The van der Waals surface area contributed by atoms with Gasteiger partial charge < -0.3 is 25.4 Å². The number of likely N-dealkylation sites (N-methyl/N-ethyl adjacent to an activating group) is 1. The number of carboxylic acids is 1. The van der Waals surface area contributed by atoms with E-state index in [1.807, 2.05) is 32.6 Å². The maximum atomic E-state index is 11.8. The molecule has 2 rings (SSSR count). The average molecular weight is 321 g/mol. The third kappa shape index (κ3) is 4.06. The van der Waals surface area contributed by atoms with Crippen molar-refractivity contribution in [3.8, 4) is 0 Å². The minimum Gasteiger partial charge on any atom is -0.478 e. The molecule has 7 nitrogen and oxygen atoms in total. The Balaban J connectivity index is 2.05. The van der Waals surface area contributed by atoms with E-state index < -0.39 is 17.7 Å². The van der Waals surface area contributed by atoms with E-state index >= 15 is 0 Å². The number of fused-ring (bicyclic) bond motifs is 1. The van der Waals surface area contributed by atoms with Crippen LogP contribution in [0.25, 0.3) is 0 Å². The largest absolute Gasteiger partial charge is 0.478 e. The topological polar surface area (TPSA) is 90.9 Å². The molecule has 1 amide bonds. The number of nitrogens with one attached hydrogen (secondary N) is 2. The van der Waals surface area contributed by atoms with Crippen molar-refractivity contribution >= 4 is 23.4 Å². The molecule has 1 atom stereocenters. The zero-order chi connectivity index (χ0) is 17.2. The van der Waals surface area contributed by atoms with Crippen molar-refractivity contribution in [2.24, 2.45) is 0 Å². The molecule has 7 heteroatoms. The van der Waals surface area contributed by atoms with Crippen molar-refractivity contribution in [3.05, 3.63) is 23.8 Å². The average Bonchev–Trinajstić information content (AvgIpc) is 2.79. The highest BCUT2D eigenvalue weighted by Gasteiger charge is 2.29. The zero-order valence-corrected chi connectivity index (χ0v) is 13.8. The number of carbonyl (C=O) groups excluding carboxylic acids is 1. The molecule has 0 fully saturated rings. The van der Waals surface area contributed by atoms with E-state index in [-0.39, 0.29) is 11.7 Å². The van der Waals surface area contributed by atoms with E-state index in [4.69, 9.17) is 9.84 Å². The van der Waals surface area contributed by atoms with Gasteiger partial charge in [-0.25, -0.2) is 9.59 Å². The molecule has 0 saturated heterocycles. The first kappa shape index (κ1) is 16.9. The number of hydrogen-bond donors (Lipinski definition) is 3. The Kier molecular flexibility index (Phi) is 4.68. The third-order valence-electron chi connectivity index (χ3n) is 3.43. The van der Waals surface area contributed by atoms with E-state index in [1.54, 1.807) is 18.2 Å². The standard InChI is InChI=1S/C16H23N3O4/c1-5-19-12-8-10(14(20)21)6-7-11(12)18-13(19)9-17-15(22)23-16(2,3)4/h6-8,13,18H,5,9H2,1-4H3,(H,17,22)(H,20,21). The molecule has 1 aromatic rings. The number of benzene rings is 1. The Morgan fingerprint density at radius 3 is 2.65 bits per heavy atom. The summed E-state index contributed by atoms with van der Waals surface area (Å²) in [5.74, 6) is -0.959. The van der Waals surface area contributed by atoms with Gasteiger partial charge in [-0.1, -0.05) is 0 Å². The van der Waals surface area contributed by atoms with Gasteiger partial charge in [0, 0.05) is 6.54 Å². The number of amides is 1. The van der Waals surface area contributed by atoms with Crippen LogP contribution in [0.3, 0.4) is 0 Å². The van der Waals surface area contributed by atoms with Crippen LogP contribution in [0.15, 0.2) is 18.2 Å². The summed E-state index contributed by atoms with van der Waals surface area (Å²) in [5.41, 5.74) is 1.37. The Labute approximate surface area is 135 Å². The fraction of sp³-hybridized carbons (Fsp3) is 0.500. The molecule has 3 N–H and O–H groups in total. The molecule has 23 heavy (non-hydrogen) atoms. The van der Waals surface area contributed by atoms with Gasteiger partial charge >= 0.3 is 12.1 Å². The van der Waals surface area contributed by atoms with Crippen LogP contribution in [0.4, 0.5) is 16.2 Å². The molecule has 126 valence electrons. The van der Waals surface area contributed by atoms with Crippen molar-refractivity contribution in [2.45, 2.75) is 39.5 Å². The summed E-state index contributed by atoms with van der Waals surface area (Å²) in [6, 6.07) is 4.95. The second-order valence-electron chi connectivity index (χ2n) is 6.37. The Bertz CT molecular complexity index is 610. The first-order valence-electron chi connectivity index (χ1n) is 7.58. The van der Waals surface area contributed by atoms with Crippen molar-refractivity contribution in [1.82, 2.24) is 5.32 Å². The van der Waals surface area contributed by atoms with Crippen molar-refractivity contribution in [2.75, 3.05) is 23.3 Å². The fourth-order valence-corrected chi connectivity index (χ4v) is 2.50. The van der Waals surface area contributed by atoms with Gasteiger partial charge in [-0.15, -0.1) is 0 Å². The minimum absolute atomic E-state index is 0.147. The van der Waals surface area contributed by atoms with Crippen molar-refractivity contribution in [3.63, 3.8) is 0 Å². The lowest BCUT2D eigenvalue weighted by Gasteiger charge is -2.26. The summed E-state index contributed by atoms with van der Waals surface area (Å²) >= 11 is 0. The van der Waals surface area contributed by atoms with E-state index in [2.05, 4.69) is 10.6 Å². The normalized spacial score (nSPS) is 16.5. The molecular formula is C16H23N3O4. The maximum Gasteiger partial charge on any atom is 0.407 e. The molecule has 1 heterocycles. The predicted molar refractivity (Wildman–Crippen MR) is 88.1 cm³/mol. The summed E-state index contributed by atoms with van der Waals surface area (Å²) in [5, 5.41) is 15.1. The monoisotopic (exact) mass is 321 g/mol. The van der Waals surface area contributed by atoms with E-state index in [9.17, 15) is 9.59 Å². The Hall–Kier alpha value is -2.44. The predicted octanol–water partition coefficient (Wildman–Crippen LogP) is 2.49. The lowest BCUT2D eigenvalue weighted by molar-refractivity contribution is 0.0525. The molecule has 0 aliphatic carbocycles. The van der Waals surface area contributed by atoms with Crippen LogP contribution in [0.1, 0.15) is 38.1 Å². The van der Waals surface area contributed by atoms with Crippen LogP contribution < -0.4 is 15.5 Å². The highest BCUT2D eigenvalue weighted by atomic mass is 16.6. The second kappa shape index (κ2) is 6.36. The summed E-state index contributed by atoms with van der Waals surface area (Å²) in [6.07, 6.45) is -0.621. The summed E-state index contributed by atoms with van der Waals surface area (Å²) < 4.78 is 5.22. The molecule has 0 aromatic heterocycles. The van der Waals surface area contributed by atoms with Gasteiger partial charge in [0.1, 0.15) is 11.8 Å². The molecule has 0 radical (unpaired) electrons. The van der Waals surface area contributed by atoms with Crippen molar-refractivity contribution in [1.29, 1.82) is 0 Å². The fourth-order valence-electron chi connectivity index (χ4n) is 2.50. The van der Waals surface area contributed by atoms with Gasteiger partial charge in [0.25, 0.3) is 0 Å². The molecular weight excluding hydrogens is 298 g/mol. The van der Waals surface area contributed by atoms with Gasteiger partial charge in [0.15, 0.2) is 0 Å². The van der Waals surface area contributed by atoms with E-state index in [0.717, 1.165) is 11.4 Å². The lowest BCUT2D eigenvalue weighted by Crippen LogP contribution is -2.46. The van der Waals surface area contributed by atoms with Crippen LogP contribution in [0.5, 0.6) is 0 Å². The van der Waals surface area contributed by atoms with Crippen LogP contribution in [-0.4, -0.2) is 42.0 Å². The zero-order valence-electron chi connectivity index (χ0n) is 13.8.